The minimum absolute atomic E-state index is 0.425. The minimum Gasteiger partial charge on any atom is -0.308 e. The highest BCUT2D eigenvalue weighted by atomic mass is 79.9. The lowest BCUT2D eigenvalue weighted by atomic mass is 9.96. The third kappa shape index (κ3) is 3.54. The molecule has 0 radical (unpaired) electrons. The van der Waals surface area contributed by atoms with Crippen LogP contribution in [0, 0.1) is 0 Å². The molecule has 0 aromatic heterocycles. The Balaban J connectivity index is 2.17. The average Bonchev–Trinajstić information content (AvgIpc) is 2.37. The van der Waals surface area contributed by atoms with Gasteiger partial charge in [-0.25, -0.2) is 5.84 Å². The van der Waals surface area contributed by atoms with Gasteiger partial charge < -0.3 is 5.43 Å². The van der Waals surface area contributed by atoms with E-state index in [0.29, 0.717) is 6.04 Å². The first-order valence-electron chi connectivity index (χ1n) is 6.10. The molecule has 17 heavy (non-hydrogen) atoms. The molecule has 1 aromatic rings. The van der Waals surface area contributed by atoms with Crippen molar-refractivity contribution < 1.29 is 0 Å². The van der Waals surface area contributed by atoms with Crippen LogP contribution in [0.5, 0.6) is 0 Å². The standard InChI is InChI=1S/C13H18BrN3/c14-11-6-4-5-10(9-11)13(17-15)16-12-7-2-1-3-8-12/h4-6,9,12H,1-3,7-8,15H2,(H,16,17). The molecule has 92 valence electrons. The summed E-state index contributed by atoms with van der Waals surface area (Å²) in [5.74, 6) is 6.37. The SMILES string of the molecule is NNC(=NC1CCCCC1)c1cccc(Br)c1. The van der Waals surface area contributed by atoms with Gasteiger partial charge in [0, 0.05) is 10.0 Å². The van der Waals surface area contributed by atoms with Gasteiger partial charge in [0.15, 0.2) is 0 Å². The zero-order valence-electron chi connectivity index (χ0n) is 9.82. The van der Waals surface area contributed by atoms with Gasteiger partial charge in [0.1, 0.15) is 5.84 Å². The largest absolute Gasteiger partial charge is 0.308 e. The van der Waals surface area contributed by atoms with Crippen LogP contribution >= 0.6 is 15.9 Å². The number of amidine groups is 1. The number of halogens is 1. The van der Waals surface area contributed by atoms with E-state index in [0.717, 1.165) is 15.9 Å². The fourth-order valence-electron chi connectivity index (χ4n) is 2.22. The van der Waals surface area contributed by atoms with E-state index in [9.17, 15) is 0 Å². The normalized spacial score (nSPS) is 18.1. The molecule has 0 saturated heterocycles. The Labute approximate surface area is 111 Å². The number of nitrogens with zero attached hydrogens (tertiary/aromatic N) is 1. The lowest BCUT2D eigenvalue weighted by Crippen LogP contribution is -2.32. The molecule has 1 fully saturated rings. The van der Waals surface area contributed by atoms with Gasteiger partial charge in [0.2, 0.25) is 0 Å². The van der Waals surface area contributed by atoms with Crippen molar-refractivity contribution >= 4 is 21.8 Å². The second-order valence-corrected chi connectivity index (χ2v) is 5.34. The summed E-state index contributed by atoms with van der Waals surface area (Å²) in [6, 6.07) is 8.47. The molecule has 0 aliphatic heterocycles. The fourth-order valence-corrected chi connectivity index (χ4v) is 2.62. The van der Waals surface area contributed by atoms with E-state index >= 15 is 0 Å². The van der Waals surface area contributed by atoms with Gasteiger partial charge in [-0.1, -0.05) is 47.3 Å². The van der Waals surface area contributed by atoms with E-state index in [4.69, 9.17) is 10.8 Å². The first kappa shape index (κ1) is 12.6. The third-order valence-corrected chi connectivity index (χ3v) is 3.61. The van der Waals surface area contributed by atoms with E-state index < -0.39 is 0 Å². The van der Waals surface area contributed by atoms with Crippen LogP contribution < -0.4 is 11.3 Å². The first-order chi connectivity index (χ1) is 8.29. The van der Waals surface area contributed by atoms with Crippen molar-refractivity contribution in [2.24, 2.45) is 10.8 Å². The minimum atomic E-state index is 0.425. The molecule has 1 aliphatic rings. The van der Waals surface area contributed by atoms with Gasteiger partial charge >= 0.3 is 0 Å². The summed E-state index contributed by atoms with van der Waals surface area (Å²) in [7, 11) is 0. The maximum absolute atomic E-state index is 5.58. The lowest BCUT2D eigenvalue weighted by molar-refractivity contribution is 0.442. The van der Waals surface area contributed by atoms with Crippen molar-refractivity contribution in [3.8, 4) is 0 Å². The fraction of sp³-hybridized carbons (Fsp3) is 0.462. The molecule has 4 heteroatoms. The Kier molecular flexibility index (Phi) is 4.57. The van der Waals surface area contributed by atoms with E-state index in [2.05, 4.69) is 21.4 Å². The van der Waals surface area contributed by atoms with Crippen LogP contribution in [-0.4, -0.2) is 11.9 Å². The molecule has 1 aliphatic carbocycles. The molecule has 0 spiro atoms. The van der Waals surface area contributed by atoms with Crippen LogP contribution in [-0.2, 0) is 0 Å². The van der Waals surface area contributed by atoms with Gasteiger partial charge in [0.05, 0.1) is 6.04 Å². The van der Waals surface area contributed by atoms with Crippen LogP contribution in [0.3, 0.4) is 0 Å². The summed E-state index contributed by atoms with van der Waals surface area (Å²) >= 11 is 3.46. The highest BCUT2D eigenvalue weighted by Crippen LogP contribution is 2.21. The topological polar surface area (TPSA) is 50.4 Å². The Morgan fingerprint density at radius 1 is 1.29 bits per heavy atom. The van der Waals surface area contributed by atoms with Crippen molar-refractivity contribution in [3.63, 3.8) is 0 Å². The number of aliphatic imine (C=N–C) groups is 1. The maximum Gasteiger partial charge on any atom is 0.142 e. The third-order valence-electron chi connectivity index (χ3n) is 3.12. The molecule has 0 atom stereocenters. The molecule has 0 heterocycles. The predicted molar refractivity (Wildman–Crippen MR) is 74.9 cm³/mol. The van der Waals surface area contributed by atoms with Gasteiger partial charge in [-0.05, 0) is 25.0 Å². The van der Waals surface area contributed by atoms with Crippen molar-refractivity contribution in [2.45, 2.75) is 38.1 Å². The number of nitrogens with two attached hydrogens (primary N) is 1. The monoisotopic (exact) mass is 295 g/mol. The second kappa shape index (κ2) is 6.17. The predicted octanol–water partition coefficient (Wildman–Crippen LogP) is 2.99. The lowest BCUT2D eigenvalue weighted by Gasteiger charge is -2.19. The molecular weight excluding hydrogens is 278 g/mol. The number of hydrogen-bond acceptors (Lipinski definition) is 2. The maximum atomic E-state index is 5.58. The second-order valence-electron chi connectivity index (χ2n) is 4.42. The number of benzene rings is 1. The van der Waals surface area contributed by atoms with Gasteiger partial charge in [-0.15, -0.1) is 0 Å². The van der Waals surface area contributed by atoms with Gasteiger partial charge in [0.25, 0.3) is 0 Å². The Morgan fingerprint density at radius 2 is 2.06 bits per heavy atom. The molecular formula is C13H18BrN3. The zero-order chi connectivity index (χ0) is 12.1. The van der Waals surface area contributed by atoms with E-state index in [1.807, 2.05) is 24.3 Å². The highest BCUT2D eigenvalue weighted by molar-refractivity contribution is 9.10. The Morgan fingerprint density at radius 3 is 2.71 bits per heavy atom. The van der Waals surface area contributed by atoms with Crippen LogP contribution in [0.4, 0.5) is 0 Å². The number of rotatable bonds is 2. The molecule has 3 nitrogen and oxygen atoms in total. The first-order valence-corrected chi connectivity index (χ1v) is 6.89. The van der Waals surface area contributed by atoms with Crippen molar-refractivity contribution in [2.75, 3.05) is 0 Å². The van der Waals surface area contributed by atoms with Crippen LogP contribution in [0.15, 0.2) is 33.7 Å². The van der Waals surface area contributed by atoms with Crippen LogP contribution in [0.2, 0.25) is 0 Å². The van der Waals surface area contributed by atoms with Gasteiger partial charge in [-0.3, -0.25) is 4.99 Å². The van der Waals surface area contributed by atoms with Crippen molar-refractivity contribution in [3.05, 3.63) is 34.3 Å². The van der Waals surface area contributed by atoms with Crippen molar-refractivity contribution in [1.82, 2.24) is 5.43 Å². The van der Waals surface area contributed by atoms with E-state index in [-0.39, 0.29) is 0 Å². The van der Waals surface area contributed by atoms with Crippen LogP contribution in [0.25, 0.3) is 0 Å². The molecule has 0 unspecified atom stereocenters. The summed E-state index contributed by atoms with van der Waals surface area (Å²) in [5, 5.41) is 0. The van der Waals surface area contributed by atoms with Crippen molar-refractivity contribution in [1.29, 1.82) is 0 Å². The molecule has 0 bridgehead atoms. The van der Waals surface area contributed by atoms with E-state index in [1.165, 1.54) is 32.1 Å². The molecule has 1 saturated carbocycles. The summed E-state index contributed by atoms with van der Waals surface area (Å²) < 4.78 is 1.04. The molecule has 1 aromatic carbocycles. The number of nitrogens with one attached hydrogen (secondary N) is 1. The number of hydrazine groups is 1. The van der Waals surface area contributed by atoms with E-state index in [1.54, 1.807) is 0 Å². The van der Waals surface area contributed by atoms with Gasteiger partial charge in [-0.2, -0.15) is 0 Å². The Bertz CT molecular complexity index is 397. The quantitative estimate of drug-likeness (QED) is 0.381. The summed E-state index contributed by atoms with van der Waals surface area (Å²) in [6.45, 7) is 0. The summed E-state index contributed by atoms with van der Waals surface area (Å²) in [6.07, 6.45) is 6.27. The molecule has 2 rings (SSSR count). The summed E-state index contributed by atoms with van der Waals surface area (Å²) in [5.41, 5.74) is 3.76. The van der Waals surface area contributed by atoms with Crippen LogP contribution in [0.1, 0.15) is 37.7 Å². The molecule has 3 N–H and O–H groups in total. The smallest absolute Gasteiger partial charge is 0.142 e. The Hall–Kier alpha value is -0.870. The average molecular weight is 296 g/mol. The number of hydrogen-bond donors (Lipinski definition) is 2. The zero-order valence-corrected chi connectivity index (χ0v) is 11.4. The summed E-state index contributed by atoms with van der Waals surface area (Å²) in [4.78, 5) is 4.73. The highest BCUT2D eigenvalue weighted by Gasteiger charge is 2.13. The molecule has 0 amide bonds.